The molecule has 2 aromatic rings. The zero-order valence-corrected chi connectivity index (χ0v) is 11.5. The van der Waals surface area contributed by atoms with Gasteiger partial charge in [-0.25, -0.2) is 4.98 Å². The molecule has 3 rings (SSSR count). The molecule has 1 fully saturated rings. The van der Waals surface area contributed by atoms with Crippen LogP contribution in [0.25, 0.3) is 10.9 Å². The lowest BCUT2D eigenvalue weighted by Crippen LogP contribution is -2.21. The summed E-state index contributed by atoms with van der Waals surface area (Å²) in [5.74, 6) is 1.15. The molecule has 0 aliphatic carbocycles. The summed E-state index contributed by atoms with van der Waals surface area (Å²) >= 11 is 0. The predicted molar refractivity (Wildman–Crippen MR) is 80.7 cm³/mol. The minimum absolute atomic E-state index is 0.680. The van der Waals surface area contributed by atoms with Crippen molar-refractivity contribution in [3.63, 3.8) is 0 Å². The van der Waals surface area contributed by atoms with E-state index in [0.717, 1.165) is 30.8 Å². The maximum absolute atomic E-state index is 5.76. The molecule has 0 spiro atoms. The molecule has 2 N–H and O–H groups in total. The number of anilines is 1. The van der Waals surface area contributed by atoms with Crippen LogP contribution in [0.1, 0.15) is 24.0 Å². The highest BCUT2D eigenvalue weighted by Crippen LogP contribution is 2.27. The van der Waals surface area contributed by atoms with Crippen LogP contribution in [0, 0.1) is 6.92 Å². The van der Waals surface area contributed by atoms with Crippen molar-refractivity contribution in [2.45, 2.75) is 26.2 Å². The molecule has 0 radical (unpaired) electrons. The standard InChI is InChI=1S/C16H21N3/c1-12-4-5-15-14(10-12)11-13(6-7-17)16(18-15)19-8-2-3-9-19/h4-5,10-11H,2-3,6-9,17H2,1H3. The molecule has 1 aromatic heterocycles. The topological polar surface area (TPSA) is 42.2 Å². The van der Waals surface area contributed by atoms with Gasteiger partial charge < -0.3 is 10.6 Å². The van der Waals surface area contributed by atoms with Crippen LogP contribution in [0.2, 0.25) is 0 Å². The average molecular weight is 255 g/mol. The summed E-state index contributed by atoms with van der Waals surface area (Å²) in [5.41, 5.74) is 9.42. The Balaban J connectivity index is 2.12. The molecule has 0 saturated carbocycles. The Labute approximate surface area is 114 Å². The largest absolute Gasteiger partial charge is 0.356 e. The van der Waals surface area contributed by atoms with Gasteiger partial charge in [0.25, 0.3) is 0 Å². The van der Waals surface area contributed by atoms with Crippen molar-refractivity contribution < 1.29 is 0 Å². The highest BCUT2D eigenvalue weighted by molar-refractivity contribution is 5.82. The number of aryl methyl sites for hydroxylation is 1. The summed E-state index contributed by atoms with van der Waals surface area (Å²) in [5, 5.41) is 1.23. The van der Waals surface area contributed by atoms with Crippen molar-refractivity contribution in [1.82, 2.24) is 4.98 Å². The van der Waals surface area contributed by atoms with Crippen molar-refractivity contribution >= 4 is 16.7 Å². The molecule has 1 aliphatic rings. The third kappa shape index (κ3) is 2.43. The molecule has 0 amide bonds. The van der Waals surface area contributed by atoms with E-state index in [0.29, 0.717) is 6.54 Å². The molecule has 1 saturated heterocycles. The van der Waals surface area contributed by atoms with Crippen LogP contribution >= 0.6 is 0 Å². The molecule has 3 heteroatoms. The summed E-state index contributed by atoms with van der Waals surface area (Å²) in [6.45, 7) is 5.06. The fourth-order valence-corrected chi connectivity index (χ4v) is 2.87. The van der Waals surface area contributed by atoms with Gasteiger partial charge in [0, 0.05) is 18.5 Å². The Bertz CT molecular complexity index is 586. The number of nitrogens with two attached hydrogens (primary N) is 1. The molecule has 0 atom stereocenters. The van der Waals surface area contributed by atoms with Crippen molar-refractivity contribution in [1.29, 1.82) is 0 Å². The second kappa shape index (κ2) is 5.17. The molecule has 19 heavy (non-hydrogen) atoms. The van der Waals surface area contributed by atoms with E-state index in [1.807, 2.05) is 0 Å². The number of fused-ring (bicyclic) bond motifs is 1. The second-order valence-corrected chi connectivity index (χ2v) is 5.40. The Morgan fingerprint density at radius 3 is 2.74 bits per heavy atom. The summed E-state index contributed by atoms with van der Waals surface area (Å²) in [7, 11) is 0. The number of pyridine rings is 1. The first-order valence-corrected chi connectivity index (χ1v) is 7.13. The second-order valence-electron chi connectivity index (χ2n) is 5.40. The van der Waals surface area contributed by atoms with Gasteiger partial charge in [-0.1, -0.05) is 11.6 Å². The minimum Gasteiger partial charge on any atom is -0.356 e. The number of rotatable bonds is 3. The van der Waals surface area contributed by atoms with Crippen LogP contribution in [-0.2, 0) is 6.42 Å². The van der Waals surface area contributed by atoms with Gasteiger partial charge in [-0.15, -0.1) is 0 Å². The van der Waals surface area contributed by atoms with Crippen LogP contribution in [0.15, 0.2) is 24.3 Å². The van der Waals surface area contributed by atoms with Gasteiger partial charge in [-0.2, -0.15) is 0 Å². The summed E-state index contributed by atoms with van der Waals surface area (Å²) < 4.78 is 0. The van der Waals surface area contributed by atoms with E-state index in [2.05, 4.69) is 36.1 Å². The molecular formula is C16H21N3. The van der Waals surface area contributed by atoms with Gasteiger partial charge >= 0.3 is 0 Å². The highest BCUT2D eigenvalue weighted by atomic mass is 15.2. The Kier molecular flexibility index (Phi) is 3.38. The smallest absolute Gasteiger partial charge is 0.132 e. The van der Waals surface area contributed by atoms with E-state index in [9.17, 15) is 0 Å². The first-order chi connectivity index (χ1) is 9.28. The van der Waals surface area contributed by atoms with Gasteiger partial charge in [0.2, 0.25) is 0 Å². The van der Waals surface area contributed by atoms with E-state index in [4.69, 9.17) is 10.7 Å². The monoisotopic (exact) mass is 255 g/mol. The van der Waals surface area contributed by atoms with Gasteiger partial charge in [-0.05, 0) is 56.5 Å². The zero-order chi connectivity index (χ0) is 13.2. The quantitative estimate of drug-likeness (QED) is 0.916. The van der Waals surface area contributed by atoms with Crippen LogP contribution in [0.5, 0.6) is 0 Å². The maximum Gasteiger partial charge on any atom is 0.132 e. The lowest BCUT2D eigenvalue weighted by atomic mass is 10.1. The van der Waals surface area contributed by atoms with E-state index in [-0.39, 0.29) is 0 Å². The molecule has 100 valence electrons. The number of benzene rings is 1. The highest BCUT2D eigenvalue weighted by Gasteiger charge is 2.17. The summed E-state index contributed by atoms with van der Waals surface area (Å²) in [6.07, 6.45) is 3.45. The molecule has 0 bridgehead atoms. The lowest BCUT2D eigenvalue weighted by Gasteiger charge is -2.20. The van der Waals surface area contributed by atoms with Crippen LogP contribution in [0.3, 0.4) is 0 Å². The fourth-order valence-electron chi connectivity index (χ4n) is 2.87. The molecule has 2 heterocycles. The van der Waals surface area contributed by atoms with E-state index in [1.54, 1.807) is 0 Å². The first kappa shape index (κ1) is 12.4. The number of aromatic nitrogens is 1. The third-order valence-corrected chi connectivity index (χ3v) is 3.85. The normalized spacial score (nSPS) is 15.4. The number of nitrogens with zero attached hydrogens (tertiary/aromatic N) is 2. The van der Waals surface area contributed by atoms with Gasteiger partial charge in [0.15, 0.2) is 0 Å². The number of hydrogen-bond donors (Lipinski definition) is 1. The van der Waals surface area contributed by atoms with Gasteiger partial charge in [0.05, 0.1) is 5.52 Å². The van der Waals surface area contributed by atoms with E-state index >= 15 is 0 Å². The lowest BCUT2D eigenvalue weighted by molar-refractivity contribution is 0.897. The van der Waals surface area contributed by atoms with Gasteiger partial charge in [0.1, 0.15) is 5.82 Å². The number of hydrogen-bond acceptors (Lipinski definition) is 3. The Morgan fingerprint density at radius 2 is 2.00 bits per heavy atom. The Morgan fingerprint density at radius 1 is 1.21 bits per heavy atom. The van der Waals surface area contributed by atoms with Crippen molar-refractivity contribution in [2.75, 3.05) is 24.5 Å². The third-order valence-electron chi connectivity index (χ3n) is 3.85. The minimum atomic E-state index is 0.680. The zero-order valence-electron chi connectivity index (χ0n) is 11.5. The summed E-state index contributed by atoms with van der Waals surface area (Å²) in [4.78, 5) is 7.29. The van der Waals surface area contributed by atoms with Crippen LogP contribution < -0.4 is 10.6 Å². The van der Waals surface area contributed by atoms with Crippen LogP contribution in [-0.4, -0.2) is 24.6 Å². The van der Waals surface area contributed by atoms with E-state index in [1.165, 1.54) is 29.4 Å². The van der Waals surface area contributed by atoms with Crippen molar-refractivity contribution in [2.24, 2.45) is 5.73 Å². The van der Waals surface area contributed by atoms with Crippen molar-refractivity contribution in [3.8, 4) is 0 Å². The average Bonchev–Trinajstić information content (AvgIpc) is 2.92. The van der Waals surface area contributed by atoms with Crippen molar-refractivity contribution in [3.05, 3.63) is 35.4 Å². The molecule has 1 aromatic carbocycles. The van der Waals surface area contributed by atoms with Gasteiger partial charge in [-0.3, -0.25) is 0 Å². The fraction of sp³-hybridized carbons (Fsp3) is 0.438. The first-order valence-electron chi connectivity index (χ1n) is 7.13. The van der Waals surface area contributed by atoms with E-state index < -0.39 is 0 Å². The molecule has 1 aliphatic heterocycles. The SMILES string of the molecule is Cc1ccc2nc(N3CCCC3)c(CCN)cc2c1. The molecular weight excluding hydrogens is 234 g/mol. The van der Waals surface area contributed by atoms with Crippen LogP contribution in [0.4, 0.5) is 5.82 Å². The maximum atomic E-state index is 5.76. The Hall–Kier alpha value is -1.61. The summed E-state index contributed by atoms with van der Waals surface area (Å²) in [6, 6.07) is 8.73. The molecule has 3 nitrogen and oxygen atoms in total. The molecule has 0 unspecified atom stereocenters. The predicted octanol–water partition coefficient (Wildman–Crippen LogP) is 2.64.